The zero-order valence-corrected chi connectivity index (χ0v) is 10.0. The van der Waals surface area contributed by atoms with E-state index in [1.165, 1.54) is 9.75 Å². The second kappa shape index (κ2) is 4.35. The van der Waals surface area contributed by atoms with Crippen molar-refractivity contribution in [1.82, 2.24) is 0 Å². The standard InChI is InChI=1S/C12H12ClNS/c1-8-2-3-9(6-11(8)13)12-5-4-10(7-14)15-12/h2-6H,7,14H2,1H3. The van der Waals surface area contributed by atoms with Crippen molar-refractivity contribution >= 4 is 22.9 Å². The van der Waals surface area contributed by atoms with Crippen molar-refractivity contribution < 1.29 is 0 Å². The SMILES string of the molecule is Cc1ccc(-c2ccc(CN)s2)cc1Cl. The first-order valence-electron chi connectivity index (χ1n) is 4.76. The third-order valence-corrected chi connectivity index (χ3v) is 3.88. The van der Waals surface area contributed by atoms with Crippen molar-refractivity contribution in [1.29, 1.82) is 0 Å². The fraction of sp³-hybridized carbons (Fsp3) is 0.167. The minimum absolute atomic E-state index is 0.601. The van der Waals surface area contributed by atoms with Gasteiger partial charge in [-0.3, -0.25) is 0 Å². The molecule has 2 rings (SSSR count). The molecule has 1 nitrogen and oxygen atoms in total. The summed E-state index contributed by atoms with van der Waals surface area (Å²) >= 11 is 7.80. The van der Waals surface area contributed by atoms with Crippen LogP contribution in [0.25, 0.3) is 10.4 Å². The predicted molar refractivity (Wildman–Crippen MR) is 67.4 cm³/mol. The van der Waals surface area contributed by atoms with Crippen LogP contribution in [-0.2, 0) is 6.54 Å². The molecule has 0 saturated heterocycles. The number of nitrogens with two attached hydrogens (primary N) is 1. The molecule has 0 atom stereocenters. The van der Waals surface area contributed by atoms with Crippen molar-refractivity contribution in [3.8, 4) is 10.4 Å². The van der Waals surface area contributed by atoms with Gasteiger partial charge in [0.05, 0.1) is 0 Å². The van der Waals surface area contributed by atoms with Crippen LogP contribution in [0, 0.1) is 6.92 Å². The molecule has 1 aromatic heterocycles. The lowest BCUT2D eigenvalue weighted by Gasteiger charge is -2.01. The minimum Gasteiger partial charge on any atom is -0.326 e. The molecule has 0 amide bonds. The molecule has 0 bridgehead atoms. The molecule has 78 valence electrons. The van der Waals surface area contributed by atoms with Crippen LogP contribution >= 0.6 is 22.9 Å². The number of aryl methyl sites for hydroxylation is 1. The van der Waals surface area contributed by atoms with Gasteiger partial charge in [-0.25, -0.2) is 0 Å². The van der Waals surface area contributed by atoms with Crippen molar-refractivity contribution in [2.45, 2.75) is 13.5 Å². The summed E-state index contributed by atoms with van der Waals surface area (Å²) in [5, 5.41) is 0.815. The molecule has 2 N–H and O–H groups in total. The fourth-order valence-corrected chi connectivity index (χ4v) is 2.45. The smallest absolute Gasteiger partial charge is 0.0441 e. The Morgan fingerprint density at radius 3 is 2.67 bits per heavy atom. The van der Waals surface area contributed by atoms with Gasteiger partial charge >= 0.3 is 0 Å². The van der Waals surface area contributed by atoms with Gasteiger partial charge in [0, 0.05) is 21.3 Å². The van der Waals surface area contributed by atoms with Gasteiger partial charge in [0.15, 0.2) is 0 Å². The second-order valence-electron chi connectivity index (χ2n) is 3.43. The highest BCUT2D eigenvalue weighted by Crippen LogP contribution is 2.30. The van der Waals surface area contributed by atoms with Gasteiger partial charge in [0.2, 0.25) is 0 Å². The van der Waals surface area contributed by atoms with E-state index < -0.39 is 0 Å². The molecule has 2 aromatic rings. The lowest BCUT2D eigenvalue weighted by atomic mass is 10.1. The maximum Gasteiger partial charge on any atom is 0.0441 e. The highest BCUT2D eigenvalue weighted by molar-refractivity contribution is 7.15. The van der Waals surface area contributed by atoms with Crippen LogP contribution in [0.15, 0.2) is 30.3 Å². The summed E-state index contributed by atoms with van der Waals surface area (Å²) in [6.07, 6.45) is 0. The first-order chi connectivity index (χ1) is 7.20. The van der Waals surface area contributed by atoms with Crippen molar-refractivity contribution in [3.05, 3.63) is 45.8 Å². The Balaban J connectivity index is 2.40. The lowest BCUT2D eigenvalue weighted by molar-refractivity contribution is 1.11. The predicted octanol–water partition coefficient (Wildman–Crippen LogP) is 3.84. The Morgan fingerprint density at radius 2 is 2.07 bits per heavy atom. The van der Waals surface area contributed by atoms with Gasteiger partial charge in [-0.2, -0.15) is 0 Å². The monoisotopic (exact) mass is 237 g/mol. The molecule has 15 heavy (non-hydrogen) atoms. The van der Waals surface area contributed by atoms with Gasteiger partial charge in [0.25, 0.3) is 0 Å². The number of hydrogen-bond donors (Lipinski definition) is 1. The zero-order valence-electron chi connectivity index (χ0n) is 8.46. The number of hydrogen-bond acceptors (Lipinski definition) is 2. The van der Waals surface area contributed by atoms with Crippen LogP contribution in [0.2, 0.25) is 5.02 Å². The van der Waals surface area contributed by atoms with Crippen LogP contribution in [0.3, 0.4) is 0 Å². The Morgan fingerprint density at radius 1 is 1.27 bits per heavy atom. The molecule has 1 aromatic carbocycles. The Kier molecular flexibility index (Phi) is 3.10. The van der Waals surface area contributed by atoms with E-state index in [9.17, 15) is 0 Å². The van der Waals surface area contributed by atoms with E-state index in [-0.39, 0.29) is 0 Å². The van der Waals surface area contributed by atoms with Gasteiger partial charge < -0.3 is 5.73 Å². The third kappa shape index (κ3) is 2.23. The summed E-state index contributed by atoms with van der Waals surface area (Å²) in [5.74, 6) is 0. The molecule has 3 heteroatoms. The van der Waals surface area contributed by atoms with E-state index in [4.69, 9.17) is 17.3 Å². The Labute approximate surface area is 98.5 Å². The van der Waals surface area contributed by atoms with E-state index in [0.29, 0.717) is 6.54 Å². The molecular weight excluding hydrogens is 226 g/mol. The quantitative estimate of drug-likeness (QED) is 0.844. The number of benzene rings is 1. The first kappa shape index (κ1) is 10.7. The molecule has 0 aliphatic rings. The van der Waals surface area contributed by atoms with Gasteiger partial charge in [-0.05, 0) is 36.2 Å². The van der Waals surface area contributed by atoms with E-state index in [1.807, 2.05) is 19.1 Å². The molecule has 1 heterocycles. The summed E-state index contributed by atoms with van der Waals surface area (Å²) in [5.41, 5.74) is 7.85. The van der Waals surface area contributed by atoms with E-state index >= 15 is 0 Å². The molecule has 0 fully saturated rings. The molecule has 0 saturated carbocycles. The zero-order chi connectivity index (χ0) is 10.8. The van der Waals surface area contributed by atoms with Gasteiger partial charge in [-0.1, -0.05) is 23.7 Å². The molecule has 0 unspecified atom stereocenters. The highest BCUT2D eigenvalue weighted by atomic mass is 35.5. The van der Waals surface area contributed by atoms with Crippen molar-refractivity contribution in [3.63, 3.8) is 0 Å². The molecule has 0 aliphatic carbocycles. The summed E-state index contributed by atoms with van der Waals surface area (Å²) in [6, 6.07) is 10.3. The molecular formula is C12H12ClNS. The van der Waals surface area contributed by atoms with Crippen LogP contribution in [0.5, 0.6) is 0 Å². The maximum atomic E-state index is 6.08. The summed E-state index contributed by atoms with van der Waals surface area (Å²) in [4.78, 5) is 2.42. The number of halogens is 1. The van der Waals surface area contributed by atoms with E-state index in [1.54, 1.807) is 11.3 Å². The van der Waals surface area contributed by atoms with Crippen molar-refractivity contribution in [2.24, 2.45) is 5.73 Å². The average molecular weight is 238 g/mol. The van der Waals surface area contributed by atoms with Crippen LogP contribution in [-0.4, -0.2) is 0 Å². The fourth-order valence-electron chi connectivity index (χ4n) is 1.39. The van der Waals surface area contributed by atoms with Crippen LogP contribution in [0.1, 0.15) is 10.4 Å². The highest BCUT2D eigenvalue weighted by Gasteiger charge is 2.03. The Hall–Kier alpha value is -0.830. The second-order valence-corrected chi connectivity index (χ2v) is 5.01. The number of rotatable bonds is 2. The topological polar surface area (TPSA) is 26.0 Å². The first-order valence-corrected chi connectivity index (χ1v) is 5.95. The van der Waals surface area contributed by atoms with Crippen LogP contribution in [0.4, 0.5) is 0 Å². The normalized spacial score (nSPS) is 10.6. The number of thiophene rings is 1. The third-order valence-electron chi connectivity index (χ3n) is 2.32. The summed E-state index contributed by atoms with van der Waals surface area (Å²) in [7, 11) is 0. The van der Waals surface area contributed by atoms with Crippen molar-refractivity contribution in [2.75, 3.05) is 0 Å². The lowest BCUT2D eigenvalue weighted by Crippen LogP contribution is -1.90. The molecule has 0 spiro atoms. The minimum atomic E-state index is 0.601. The van der Waals surface area contributed by atoms with E-state index in [2.05, 4.69) is 18.2 Å². The summed E-state index contributed by atoms with van der Waals surface area (Å²) < 4.78 is 0. The van der Waals surface area contributed by atoms with Crippen LogP contribution < -0.4 is 5.73 Å². The largest absolute Gasteiger partial charge is 0.326 e. The maximum absolute atomic E-state index is 6.08. The van der Waals surface area contributed by atoms with Gasteiger partial charge in [-0.15, -0.1) is 11.3 Å². The van der Waals surface area contributed by atoms with Gasteiger partial charge in [0.1, 0.15) is 0 Å². The van der Waals surface area contributed by atoms with E-state index in [0.717, 1.165) is 16.1 Å². The molecule has 0 aliphatic heterocycles. The average Bonchev–Trinajstić information content (AvgIpc) is 2.70. The summed E-state index contributed by atoms with van der Waals surface area (Å²) in [6.45, 7) is 2.61. The molecule has 0 radical (unpaired) electrons. The Bertz CT molecular complexity index is 476.